The standard InChI is InChI=1S/C27H32FN3O3.C4H10.C2H6/c1-5-33-26-30-24(17-10-11-17)23(15-29)31(26)16-19-13-12-18(14-22(19)28)20-8-6-7-9-21(20)25(32)34-27(2,3)4;1-4(2)3;1-2/h6-9,12-14,17H,5,10-11,15-16,29H2,1-4H3;4H,1-3H3;1-2H3. The van der Waals surface area contributed by atoms with Crippen LogP contribution in [0.5, 0.6) is 6.01 Å². The van der Waals surface area contributed by atoms with Crippen molar-refractivity contribution in [1.29, 1.82) is 0 Å². The Morgan fingerprint density at radius 3 is 2.27 bits per heavy atom. The van der Waals surface area contributed by atoms with E-state index in [-0.39, 0.29) is 12.4 Å². The number of halogens is 1. The van der Waals surface area contributed by atoms with Crippen molar-refractivity contribution in [2.75, 3.05) is 6.61 Å². The number of rotatable bonds is 8. The van der Waals surface area contributed by atoms with E-state index >= 15 is 4.39 Å². The second-order valence-electron chi connectivity index (χ2n) is 11.3. The van der Waals surface area contributed by atoms with Gasteiger partial charge in [0, 0.05) is 18.0 Å². The number of imidazole rings is 1. The monoisotopic (exact) mass is 553 g/mol. The smallest absolute Gasteiger partial charge is 0.339 e. The molecule has 0 atom stereocenters. The quantitative estimate of drug-likeness (QED) is 0.285. The van der Waals surface area contributed by atoms with Crippen LogP contribution in [0.3, 0.4) is 0 Å². The second-order valence-corrected chi connectivity index (χ2v) is 11.3. The SMILES string of the molecule is CC.CC(C)C.CCOc1nc(C2CC2)c(CN)n1Cc1ccc(-c2ccccc2C(=O)OC(C)(C)C)cc1F. The van der Waals surface area contributed by atoms with Crippen LogP contribution in [-0.4, -0.2) is 27.7 Å². The van der Waals surface area contributed by atoms with Gasteiger partial charge in [0.05, 0.1) is 30.1 Å². The zero-order valence-corrected chi connectivity index (χ0v) is 25.8. The largest absolute Gasteiger partial charge is 0.465 e. The van der Waals surface area contributed by atoms with Crippen molar-refractivity contribution >= 4 is 5.97 Å². The van der Waals surface area contributed by atoms with E-state index in [9.17, 15) is 4.79 Å². The van der Waals surface area contributed by atoms with Gasteiger partial charge >= 0.3 is 5.97 Å². The molecule has 0 aliphatic heterocycles. The van der Waals surface area contributed by atoms with Crippen molar-refractivity contribution in [3.63, 3.8) is 0 Å². The molecule has 0 radical (unpaired) electrons. The lowest BCUT2D eigenvalue weighted by molar-refractivity contribution is 0.00704. The van der Waals surface area contributed by atoms with Crippen LogP contribution >= 0.6 is 0 Å². The molecule has 3 aromatic rings. The second kappa shape index (κ2) is 15.0. The van der Waals surface area contributed by atoms with Crippen LogP contribution in [0, 0.1) is 11.7 Å². The van der Waals surface area contributed by atoms with Crippen molar-refractivity contribution in [3.8, 4) is 17.1 Å². The molecule has 6 nitrogen and oxygen atoms in total. The summed E-state index contributed by atoms with van der Waals surface area (Å²) < 4.78 is 28.5. The third kappa shape index (κ3) is 9.19. The molecule has 1 fully saturated rings. The number of carbonyl (C=O) groups excluding carboxylic acids is 1. The van der Waals surface area contributed by atoms with Crippen LogP contribution in [0.25, 0.3) is 11.1 Å². The third-order valence-electron chi connectivity index (χ3n) is 5.74. The van der Waals surface area contributed by atoms with E-state index in [0.717, 1.165) is 30.1 Å². The predicted octanol–water partition coefficient (Wildman–Crippen LogP) is 8.12. The van der Waals surface area contributed by atoms with E-state index in [4.69, 9.17) is 15.2 Å². The summed E-state index contributed by atoms with van der Waals surface area (Å²) in [6, 6.07) is 12.6. The first-order chi connectivity index (χ1) is 18.9. The molecule has 0 unspecified atom stereocenters. The molecule has 220 valence electrons. The highest BCUT2D eigenvalue weighted by atomic mass is 19.1. The van der Waals surface area contributed by atoms with Gasteiger partial charge < -0.3 is 15.2 Å². The molecule has 0 spiro atoms. The minimum absolute atomic E-state index is 0.265. The first kappa shape index (κ1) is 33.0. The highest BCUT2D eigenvalue weighted by molar-refractivity contribution is 5.97. The molecule has 7 heteroatoms. The van der Waals surface area contributed by atoms with E-state index in [1.165, 1.54) is 6.07 Å². The molecule has 4 rings (SSSR count). The number of aromatic nitrogens is 2. The Morgan fingerprint density at radius 1 is 1.12 bits per heavy atom. The Bertz CT molecular complexity index is 1240. The summed E-state index contributed by atoms with van der Waals surface area (Å²) in [5, 5.41) is 0. The third-order valence-corrected chi connectivity index (χ3v) is 5.74. The molecule has 0 saturated heterocycles. The van der Waals surface area contributed by atoms with Gasteiger partial charge in [-0.05, 0) is 69.7 Å². The van der Waals surface area contributed by atoms with Gasteiger partial charge in [-0.2, -0.15) is 4.98 Å². The van der Waals surface area contributed by atoms with E-state index in [1.807, 2.05) is 58.2 Å². The maximum atomic E-state index is 15.3. The summed E-state index contributed by atoms with van der Waals surface area (Å²) in [7, 11) is 0. The maximum absolute atomic E-state index is 15.3. The summed E-state index contributed by atoms with van der Waals surface area (Å²) in [5.41, 5.74) is 9.42. The molecule has 40 heavy (non-hydrogen) atoms. The normalized spacial score (nSPS) is 12.7. The minimum atomic E-state index is -0.623. The molecule has 1 saturated carbocycles. The van der Waals surface area contributed by atoms with Crippen LogP contribution in [-0.2, 0) is 17.8 Å². The summed E-state index contributed by atoms with van der Waals surface area (Å²) in [6.07, 6.45) is 2.19. The Balaban J connectivity index is 0.000000858. The molecule has 2 N–H and O–H groups in total. The molecular formula is C33H48FN3O3. The Kier molecular flexibility index (Phi) is 12.4. The highest BCUT2D eigenvalue weighted by Crippen LogP contribution is 2.42. The van der Waals surface area contributed by atoms with Gasteiger partial charge in [0.2, 0.25) is 0 Å². The summed E-state index contributed by atoms with van der Waals surface area (Å²) >= 11 is 0. The van der Waals surface area contributed by atoms with E-state index < -0.39 is 11.6 Å². The van der Waals surface area contributed by atoms with Gasteiger partial charge in [-0.25, -0.2) is 9.18 Å². The van der Waals surface area contributed by atoms with Gasteiger partial charge in [0.15, 0.2) is 0 Å². The number of nitrogens with zero attached hydrogens (tertiary/aromatic N) is 2. The van der Waals surface area contributed by atoms with Crippen LogP contribution in [0.15, 0.2) is 42.5 Å². The first-order valence-corrected chi connectivity index (χ1v) is 14.5. The average Bonchev–Trinajstić information content (AvgIpc) is 3.68. The number of hydrogen-bond acceptors (Lipinski definition) is 5. The van der Waals surface area contributed by atoms with Gasteiger partial charge in [0.25, 0.3) is 6.01 Å². The fourth-order valence-electron chi connectivity index (χ4n) is 4.04. The maximum Gasteiger partial charge on any atom is 0.339 e. The number of benzene rings is 2. The van der Waals surface area contributed by atoms with Crippen LogP contribution < -0.4 is 10.5 Å². The van der Waals surface area contributed by atoms with Crippen LogP contribution in [0.4, 0.5) is 4.39 Å². The van der Waals surface area contributed by atoms with Gasteiger partial charge in [0.1, 0.15) is 11.4 Å². The fourth-order valence-corrected chi connectivity index (χ4v) is 4.04. The lowest BCUT2D eigenvalue weighted by Gasteiger charge is -2.20. The Morgan fingerprint density at radius 2 is 1.75 bits per heavy atom. The zero-order chi connectivity index (χ0) is 30.0. The predicted molar refractivity (Wildman–Crippen MR) is 161 cm³/mol. The average molecular weight is 554 g/mol. The number of ether oxygens (including phenoxy) is 2. The van der Waals surface area contributed by atoms with Crippen molar-refractivity contribution in [2.24, 2.45) is 11.7 Å². The van der Waals surface area contributed by atoms with Crippen molar-refractivity contribution in [3.05, 3.63) is 70.8 Å². The molecule has 1 aliphatic rings. The molecule has 1 heterocycles. The molecule has 1 aliphatic carbocycles. The molecule has 1 aromatic heterocycles. The Labute approximate surface area is 240 Å². The zero-order valence-electron chi connectivity index (χ0n) is 25.8. The number of esters is 1. The van der Waals surface area contributed by atoms with Gasteiger partial charge in [-0.15, -0.1) is 0 Å². The van der Waals surface area contributed by atoms with E-state index in [0.29, 0.717) is 47.3 Å². The first-order valence-electron chi connectivity index (χ1n) is 14.5. The summed E-state index contributed by atoms with van der Waals surface area (Å²) in [5.74, 6) is 0.437. The van der Waals surface area contributed by atoms with Gasteiger partial charge in [-0.1, -0.05) is 65.0 Å². The van der Waals surface area contributed by atoms with Crippen LogP contribution in [0.2, 0.25) is 0 Å². The van der Waals surface area contributed by atoms with Crippen molar-refractivity contribution < 1.29 is 18.7 Å². The molecule has 2 aromatic carbocycles. The topological polar surface area (TPSA) is 79.4 Å². The number of nitrogens with two attached hydrogens (primary N) is 1. The van der Waals surface area contributed by atoms with Gasteiger partial charge in [-0.3, -0.25) is 4.57 Å². The molecule has 0 bridgehead atoms. The minimum Gasteiger partial charge on any atom is -0.465 e. The highest BCUT2D eigenvalue weighted by Gasteiger charge is 2.31. The van der Waals surface area contributed by atoms with E-state index in [2.05, 4.69) is 25.8 Å². The van der Waals surface area contributed by atoms with Crippen molar-refractivity contribution in [2.45, 2.75) is 99.8 Å². The Hall–Kier alpha value is -3.19. The van der Waals surface area contributed by atoms with Crippen LogP contribution in [0.1, 0.15) is 108 Å². The van der Waals surface area contributed by atoms with E-state index in [1.54, 1.807) is 24.3 Å². The molecular weight excluding hydrogens is 505 g/mol. The van der Waals surface area contributed by atoms with Crippen molar-refractivity contribution in [1.82, 2.24) is 9.55 Å². The number of carbonyl (C=O) groups is 1. The summed E-state index contributed by atoms with van der Waals surface area (Å²) in [6.45, 7) is 18.9. The lowest BCUT2D eigenvalue weighted by atomic mass is 9.98. The fraction of sp³-hybridized carbons (Fsp3) is 0.515. The number of hydrogen-bond donors (Lipinski definition) is 1. The lowest BCUT2D eigenvalue weighted by Crippen LogP contribution is -2.24. The molecule has 0 amide bonds. The summed E-state index contributed by atoms with van der Waals surface area (Å²) in [4.78, 5) is 17.4.